The van der Waals surface area contributed by atoms with Gasteiger partial charge in [-0.3, -0.25) is 0 Å². The van der Waals surface area contributed by atoms with Crippen LogP contribution in [0, 0.1) is 0 Å². The summed E-state index contributed by atoms with van der Waals surface area (Å²) in [6.45, 7) is 4.62. The Hall–Kier alpha value is -1.08. The molecular weight excluding hydrogens is 158 g/mol. The molecule has 0 saturated carbocycles. The number of hydrogen-bond acceptors (Lipinski definition) is 1. The van der Waals surface area contributed by atoms with Gasteiger partial charge in [0.25, 0.3) is 0 Å². The van der Waals surface area contributed by atoms with E-state index in [4.69, 9.17) is 0 Å². The van der Waals surface area contributed by atoms with Gasteiger partial charge in [-0.15, -0.1) is 6.58 Å². The zero-order valence-corrected chi connectivity index (χ0v) is 7.79. The third kappa shape index (κ3) is 1.65. The van der Waals surface area contributed by atoms with Crippen molar-refractivity contribution in [2.45, 2.75) is 18.9 Å². The standard InChI is InChI=1S/C12H15N/c1-2-9-13-12-8-7-10-5-3-4-6-11(10)12/h2-6,12-13H,1,7-9H2. The number of nitrogens with one attached hydrogen (secondary N) is 1. The van der Waals surface area contributed by atoms with Gasteiger partial charge in [0.15, 0.2) is 0 Å². The van der Waals surface area contributed by atoms with Gasteiger partial charge in [0.2, 0.25) is 0 Å². The lowest BCUT2D eigenvalue weighted by molar-refractivity contribution is 0.564. The summed E-state index contributed by atoms with van der Waals surface area (Å²) < 4.78 is 0. The second kappa shape index (κ2) is 3.75. The monoisotopic (exact) mass is 173 g/mol. The van der Waals surface area contributed by atoms with Crippen molar-refractivity contribution in [3.8, 4) is 0 Å². The van der Waals surface area contributed by atoms with Crippen molar-refractivity contribution in [1.82, 2.24) is 5.32 Å². The fraction of sp³-hybridized carbons (Fsp3) is 0.333. The van der Waals surface area contributed by atoms with Crippen LogP contribution in [-0.2, 0) is 6.42 Å². The number of benzene rings is 1. The number of fused-ring (bicyclic) bond motifs is 1. The Morgan fingerprint density at radius 2 is 2.31 bits per heavy atom. The molecule has 1 aliphatic rings. The van der Waals surface area contributed by atoms with Crippen molar-refractivity contribution in [2.75, 3.05) is 6.54 Å². The predicted molar refractivity (Wildman–Crippen MR) is 55.7 cm³/mol. The van der Waals surface area contributed by atoms with Crippen molar-refractivity contribution < 1.29 is 0 Å². The molecule has 0 fully saturated rings. The third-order valence-corrected chi connectivity index (χ3v) is 2.64. The molecule has 1 nitrogen and oxygen atoms in total. The Morgan fingerprint density at radius 3 is 3.15 bits per heavy atom. The molecule has 1 aromatic carbocycles. The Morgan fingerprint density at radius 1 is 1.46 bits per heavy atom. The van der Waals surface area contributed by atoms with Gasteiger partial charge in [-0.2, -0.15) is 0 Å². The first-order valence-corrected chi connectivity index (χ1v) is 4.84. The lowest BCUT2D eigenvalue weighted by Gasteiger charge is -2.11. The molecule has 0 amide bonds. The van der Waals surface area contributed by atoms with Crippen molar-refractivity contribution >= 4 is 0 Å². The van der Waals surface area contributed by atoms with E-state index in [0.29, 0.717) is 6.04 Å². The average molecular weight is 173 g/mol. The summed E-state index contributed by atoms with van der Waals surface area (Å²) in [7, 11) is 0. The summed E-state index contributed by atoms with van der Waals surface area (Å²) in [6.07, 6.45) is 4.36. The van der Waals surface area contributed by atoms with Crippen LogP contribution in [-0.4, -0.2) is 6.54 Å². The molecule has 0 radical (unpaired) electrons. The SMILES string of the molecule is C=CCNC1CCc2ccccc21. The largest absolute Gasteiger partial charge is 0.306 e. The van der Waals surface area contributed by atoms with Crippen LogP contribution >= 0.6 is 0 Å². The summed E-state index contributed by atoms with van der Waals surface area (Å²) in [4.78, 5) is 0. The molecule has 0 spiro atoms. The molecule has 0 heterocycles. The van der Waals surface area contributed by atoms with Gasteiger partial charge < -0.3 is 5.32 Å². The third-order valence-electron chi connectivity index (χ3n) is 2.64. The molecule has 1 aromatic rings. The average Bonchev–Trinajstić information content (AvgIpc) is 2.58. The van der Waals surface area contributed by atoms with E-state index in [2.05, 4.69) is 36.2 Å². The second-order valence-electron chi connectivity index (χ2n) is 3.49. The summed E-state index contributed by atoms with van der Waals surface area (Å²) in [5.41, 5.74) is 2.98. The van der Waals surface area contributed by atoms with Gasteiger partial charge in [0, 0.05) is 12.6 Å². The minimum atomic E-state index is 0.550. The van der Waals surface area contributed by atoms with Gasteiger partial charge in [0.1, 0.15) is 0 Å². The highest BCUT2D eigenvalue weighted by atomic mass is 14.9. The Kier molecular flexibility index (Phi) is 2.46. The van der Waals surface area contributed by atoms with Crippen molar-refractivity contribution in [3.63, 3.8) is 0 Å². The molecule has 0 aromatic heterocycles. The van der Waals surface area contributed by atoms with Crippen LogP contribution < -0.4 is 5.32 Å². The molecule has 13 heavy (non-hydrogen) atoms. The highest BCUT2D eigenvalue weighted by molar-refractivity contribution is 5.34. The number of aryl methyl sites for hydroxylation is 1. The molecule has 1 aliphatic carbocycles. The molecule has 1 atom stereocenters. The molecule has 0 saturated heterocycles. The van der Waals surface area contributed by atoms with E-state index in [0.717, 1.165) is 6.54 Å². The molecule has 0 bridgehead atoms. The van der Waals surface area contributed by atoms with Crippen LogP contribution in [0.15, 0.2) is 36.9 Å². The van der Waals surface area contributed by atoms with Crippen molar-refractivity contribution in [1.29, 1.82) is 0 Å². The molecule has 1 unspecified atom stereocenters. The minimum absolute atomic E-state index is 0.550. The van der Waals surface area contributed by atoms with Gasteiger partial charge >= 0.3 is 0 Å². The van der Waals surface area contributed by atoms with Crippen LogP contribution in [0.5, 0.6) is 0 Å². The highest BCUT2D eigenvalue weighted by Crippen LogP contribution is 2.30. The molecule has 1 N–H and O–H groups in total. The van der Waals surface area contributed by atoms with E-state index in [-0.39, 0.29) is 0 Å². The summed E-state index contributed by atoms with van der Waals surface area (Å²) in [5, 5.41) is 3.47. The zero-order valence-electron chi connectivity index (χ0n) is 7.79. The number of rotatable bonds is 3. The highest BCUT2D eigenvalue weighted by Gasteiger charge is 2.20. The second-order valence-corrected chi connectivity index (χ2v) is 3.49. The normalized spacial score (nSPS) is 19.8. The summed E-state index contributed by atoms with van der Waals surface area (Å²) >= 11 is 0. The fourth-order valence-electron chi connectivity index (χ4n) is 1.99. The molecule has 2 rings (SSSR count). The zero-order chi connectivity index (χ0) is 9.10. The molecule has 0 aliphatic heterocycles. The minimum Gasteiger partial charge on any atom is -0.306 e. The maximum Gasteiger partial charge on any atom is 0.0328 e. The van der Waals surface area contributed by atoms with Gasteiger partial charge in [-0.25, -0.2) is 0 Å². The summed E-state index contributed by atoms with van der Waals surface area (Å²) in [5.74, 6) is 0. The van der Waals surface area contributed by atoms with Gasteiger partial charge in [-0.1, -0.05) is 30.3 Å². The topological polar surface area (TPSA) is 12.0 Å². The Labute approximate surface area is 79.5 Å². The van der Waals surface area contributed by atoms with E-state index in [1.807, 2.05) is 6.08 Å². The van der Waals surface area contributed by atoms with E-state index in [9.17, 15) is 0 Å². The van der Waals surface area contributed by atoms with Crippen LogP contribution in [0.1, 0.15) is 23.6 Å². The van der Waals surface area contributed by atoms with Crippen LogP contribution in [0.3, 0.4) is 0 Å². The maximum absolute atomic E-state index is 3.72. The molecule has 1 heteroatoms. The fourth-order valence-corrected chi connectivity index (χ4v) is 1.99. The van der Waals surface area contributed by atoms with Crippen molar-refractivity contribution in [2.24, 2.45) is 0 Å². The first-order valence-electron chi connectivity index (χ1n) is 4.84. The van der Waals surface area contributed by atoms with E-state index in [1.54, 1.807) is 0 Å². The van der Waals surface area contributed by atoms with E-state index >= 15 is 0 Å². The predicted octanol–water partition coefficient (Wildman–Crippen LogP) is 2.45. The quantitative estimate of drug-likeness (QED) is 0.692. The Balaban J connectivity index is 2.13. The van der Waals surface area contributed by atoms with Gasteiger partial charge in [0.05, 0.1) is 0 Å². The van der Waals surface area contributed by atoms with Crippen molar-refractivity contribution in [3.05, 3.63) is 48.0 Å². The first kappa shape index (κ1) is 8.52. The Bertz CT molecular complexity index is 304. The maximum atomic E-state index is 3.72. The molecule has 68 valence electrons. The lowest BCUT2D eigenvalue weighted by Crippen LogP contribution is -2.18. The van der Waals surface area contributed by atoms with Crippen LogP contribution in [0.2, 0.25) is 0 Å². The van der Waals surface area contributed by atoms with Gasteiger partial charge in [-0.05, 0) is 24.0 Å². The van der Waals surface area contributed by atoms with Crippen LogP contribution in [0.4, 0.5) is 0 Å². The lowest BCUT2D eigenvalue weighted by atomic mass is 10.1. The number of hydrogen-bond donors (Lipinski definition) is 1. The molecular formula is C12H15N. The smallest absolute Gasteiger partial charge is 0.0328 e. The first-order chi connectivity index (χ1) is 6.42. The van der Waals surface area contributed by atoms with Crippen LogP contribution in [0.25, 0.3) is 0 Å². The summed E-state index contributed by atoms with van der Waals surface area (Å²) in [6, 6.07) is 9.24. The van der Waals surface area contributed by atoms with E-state index in [1.165, 1.54) is 24.0 Å². The van der Waals surface area contributed by atoms with E-state index < -0.39 is 0 Å².